The Morgan fingerprint density at radius 1 is 1.12 bits per heavy atom. The summed E-state index contributed by atoms with van der Waals surface area (Å²) in [6, 6.07) is 11.6. The molecule has 1 fully saturated rings. The highest BCUT2D eigenvalue weighted by Gasteiger charge is 2.25. The molecule has 1 aliphatic heterocycles. The summed E-state index contributed by atoms with van der Waals surface area (Å²) in [5, 5.41) is 1.41. The lowest BCUT2D eigenvalue weighted by molar-refractivity contribution is 0.122. The first-order chi connectivity index (χ1) is 12.9. The molecule has 0 saturated carbocycles. The summed E-state index contributed by atoms with van der Waals surface area (Å²) in [5.74, 6) is 0. The second-order valence-electron chi connectivity index (χ2n) is 6.88. The zero-order chi connectivity index (χ0) is 17.9. The molecule has 4 nitrogen and oxygen atoms in total. The lowest BCUT2D eigenvalue weighted by Crippen LogP contribution is -2.36. The van der Waals surface area contributed by atoms with Crippen LogP contribution >= 0.6 is 0 Å². The first-order valence-electron chi connectivity index (χ1n) is 10.00. The van der Waals surface area contributed by atoms with Crippen molar-refractivity contribution in [3.8, 4) is 0 Å². The zero-order valence-corrected chi connectivity index (χ0v) is 15.9. The van der Waals surface area contributed by atoms with Crippen LogP contribution in [0.3, 0.4) is 0 Å². The van der Waals surface area contributed by atoms with Gasteiger partial charge in [-0.25, -0.2) is 0 Å². The normalized spacial score (nSPS) is 19.8. The first-order valence-corrected chi connectivity index (χ1v) is 10.00. The number of ether oxygens (including phenoxy) is 1. The Morgan fingerprint density at radius 3 is 2.65 bits per heavy atom. The highest BCUT2D eigenvalue weighted by molar-refractivity contribution is 5.88. The number of nitrogens with one attached hydrogen (secondary N) is 1. The van der Waals surface area contributed by atoms with Crippen molar-refractivity contribution in [2.45, 2.75) is 39.2 Å². The van der Waals surface area contributed by atoms with Gasteiger partial charge in [0.05, 0.1) is 19.3 Å². The van der Waals surface area contributed by atoms with Gasteiger partial charge in [0.15, 0.2) is 0 Å². The highest BCUT2D eigenvalue weighted by Crippen LogP contribution is 2.38. The summed E-state index contributed by atoms with van der Waals surface area (Å²) in [5.41, 5.74) is 5.53. The molecule has 1 aliphatic carbocycles. The Morgan fingerprint density at radius 2 is 1.88 bits per heavy atom. The van der Waals surface area contributed by atoms with E-state index in [-0.39, 0.29) is 1.43 Å². The third kappa shape index (κ3) is 3.03. The number of benzene rings is 1. The maximum Gasteiger partial charge on any atom is 0.0732 e. The van der Waals surface area contributed by atoms with Crippen molar-refractivity contribution in [2.24, 2.45) is 0 Å². The molecule has 2 aliphatic rings. The maximum absolute atomic E-state index is 5.49. The minimum absolute atomic E-state index is 0. The molecular formula is C22H31N3O. The maximum atomic E-state index is 5.49. The van der Waals surface area contributed by atoms with E-state index in [9.17, 15) is 0 Å². The van der Waals surface area contributed by atoms with Crippen LogP contribution in [0.25, 0.3) is 10.9 Å². The smallest absolute Gasteiger partial charge is 0.0732 e. The largest absolute Gasteiger partial charge is 0.378 e. The molecule has 26 heavy (non-hydrogen) atoms. The van der Waals surface area contributed by atoms with E-state index in [1.165, 1.54) is 47.1 Å². The van der Waals surface area contributed by atoms with E-state index in [0.717, 1.165) is 26.3 Å². The summed E-state index contributed by atoms with van der Waals surface area (Å²) in [4.78, 5) is 6.16. The SMILES string of the molecule is CC.[HH].c1ccn(C2CCCc3c2[nH]c2ccc(N4CCOCC4)cc32)c1. The van der Waals surface area contributed by atoms with Gasteiger partial charge in [0.25, 0.3) is 0 Å². The van der Waals surface area contributed by atoms with Gasteiger partial charge in [-0.3, -0.25) is 0 Å². The first kappa shape index (κ1) is 17.2. The van der Waals surface area contributed by atoms with Crippen molar-refractivity contribution in [1.29, 1.82) is 0 Å². The Hall–Kier alpha value is -2.20. The van der Waals surface area contributed by atoms with Crippen molar-refractivity contribution in [3.05, 3.63) is 54.0 Å². The Balaban J connectivity index is 0.000000680. The van der Waals surface area contributed by atoms with Crippen LogP contribution in [0.4, 0.5) is 5.69 Å². The third-order valence-electron chi connectivity index (χ3n) is 5.52. The van der Waals surface area contributed by atoms with Crippen molar-refractivity contribution in [3.63, 3.8) is 0 Å². The average Bonchev–Trinajstić information content (AvgIpc) is 3.37. The van der Waals surface area contributed by atoms with Crippen molar-refractivity contribution in [1.82, 2.24) is 9.55 Å². The van der Waals surface area contributed by atoms with E-state index in [4.69, 9.17) is 4.74 Å². The number of hydrogen-bond acceptors (Lipinski definition) is 2. The van der Waals surface area contributed by atoms with Crippen LogP contribution in [0.15, 0.2) is 42.7 Å². The molecule has 2 aromatic heterocycles. The number of aromatic amines is 1. The summed E-state index contributed by atoms with van der Waals surface area (Å²) < 4.78 is 7.83. The van der Waals surface area contributed by atoms with Crippen molar-refractivity contribution in [2.75, 3.05) is 31.2 Å². The van der Waals surface area contributed by atoms with Gasteiger partial charge in [-0.1, -0.05) is 13.8 Å². The van der Waals surface area contributed by atoms with E-state index in [0.29, 0.717) is 6.04 Å². The fraction of sp³-hybridized carbons (Fsp3) is 0.455. The van der Waals surface area contributed by atoms with Gasteiger partial charge in [-0.15, -0.1) is 0 Å². The van der Waals surface area contributed by atoms with Gasteiger partial charge in [0, 0.05) is 49.2 Å². The number of rotatable bonds is 2. The van der Waals surface area contributed by atoms with Gasteiger partial charge in [0.2, 0.25) is 0 Å². The monoisotopic (exact) mass is 353 g/mol. The van der Waals surface area contributed by atoms with Crippen LogP contribution < -0.4 is 4.90 Å². The lowest BCUT2D eigenvalue weighted by atomic mass is 9.91. The molecule has 1 saturated heterocycles. The van der Waals surface area contributed by atoms with Gasteiger partial charge >= 0.3 is 0 Å². The second kappa shape index (κ2) is 7.58. The topological polar surface area (TPSA) is 33.2 Å². The summed E-state index contributed by atoms with van der Waals surface area (Å²) in [6.07, 6.45) is 8.02. The fourth-order valence-electron chi connectivity index (χ4n) is 4.30. The Kier molecular flexibility index (Phi) is 5.02. The molecule has 1 atom stereocenters. The van der Waals surface area contributed by atoms with Crippen LogP contribution in [-0.2, 0) is 11.2 Å². The lowest BCUT2D eigenvalue weighted by Gasteiger charge is -2.29. The van der Waals surface area contributed by atoms with Crippen LogP contribution in [-0.4, -0.2) is 35.9 Å². The molecule has 0 amide bonds. The Bertz CT molecular complexity index is 850. The fourth-order valence-corrected chi connectivity index (χ4v) is 4.30. The van der Waals surface area contributed by atoms with E-state index in [2.05, 4.69) is 57.2 Å². The summed E-state index contributed by atoms with van der Waals surface area (Å²) in [6.45, 7) is 7.65. The minimum Gasteiger partial charge on any atom is -0.378 e. The number of hydrogen-bond donors (Lipinski definition) is 1. The van der Waals surface area contributed by atoms with Crippen molar-refractivity contribution >= 4 is 16.6 Å². The average molecular weight is 354 g/mol. The minimum atomic E-state index is 0. The van der Waals surface area contributed by atoms with Gasteiger partial charge in [-0.05, 0) is 55.2 Å². The number of fused-ring (bicyclic) bond motifs is 3. The van der Waals surface area contributed by atoms with Crippen LogP contribution in [0.1, 0.15) is 45.4 Å². The number of aryl methyl sites for hydroxylation is 1. The molecule has 5 rings (SSSR count). The molecule has 4 heteroatoms. The highest BCUT2D eigenvalue weighted by atomic mass is 16.5. The van der Waals surface area contributed by atoms with E-state index >= 15 is 0 Å². The molecule has 1 unspecified atom stereocenters. The number of aromatic nitrogens is 2. The quantitative estimate of drug-likeness (QED) is 0.703. The summed E-state index contributed by atoms with van der Waals surface area (Å²) >= 11 is 0. The van der Waals surface area contributed by atoms with Gasteiger partial charge < -0.3 is 19.2 Å². The van der Waals surface area contributed by atoms with E-state index in [1.807, 2.05) is 13.8 Å². The number of anilines is 1. The Labute approximate surface area is 157 Å². The molecular weight excluding hydrogens is 322 g/mol. The summed E-state index contributed by atoms with van der Waals surface area (Å²) in [7, 11) is 0. The molecule has 3 heterocycles. The molecule has 0 radical (unpaired) electrons. The molecule has 1 aromatic carbocycles. The third-order valence-corrected chi connectivity index (χ3v) is 5.52. The van der Waals surface area contributed by atoms with Crippen LogP contribution in [0.2, 0.25) is 0 Å². The molecule has 3 aromatic rings. The van der Waals surface area contributed by atoms with Gasteiger partial charge in [-0.2, -0.15) is 0 Å². The van der Waals surface area contributed by atoms with Crippen molar-refractivity contribution < 1.29 is 6.16 Å². The number of morpholine rings is 1. The predicted molar refractivity (Wildman–Crippen MR) is 110 cm³/mol. The molecule has 0 bridgehead atoms. The second-order valence-corrected chi connectivity index (χ2v) is 6.88. The van der Waals surface area contributed by atoms with E-state index in [1.54, 1.807) is 0 Å². The van der Waals surface area contributed by atoms with E-state index < -0.39 is 0 Å². The standard InChI is InChI=1S/C20H23N3O.C2H6.H2/c1-2-9-23(8-1)19-5-3-4-16-17-14-15(22-10-12-24-13-11-22)6-7-18(17)21-20(16)19;1-2;/h1-2,6-9,14,19,21H,3-5,10-13H2;1-2H3;1H. The molecule has 1 N–H and O–H groups in total. The van der Waals surface area contributed by atoms with Crippen LogP contribution in [0, 0.1) is 0 Å². The number of nitrogens with zero attached hydrogens (tertiary/aromatic N) is 2. The van der Waals surface area contributed by atoms with Crippen LogP contribution in [0.5, 0.6) is 0 Å². The molecule has 140 valence electrons. The van der Waals surface area contributed by atoms with Gasteiger partial charge in [0.1, 0.15) is 0 Å². The predicted octanol–water partition coefficient (Wildman–Crippen LogP) is 5.00. The number of H-pyrrole nitrogens is 1. The zero-order valence-electron chi connectivity index (χ0n) is 15.9. The molecule has 0 spiro atoms.